The van der Waals surface area contributed by atoms with Gasteiger partial charge in [-0.2, -0.15) is 0 Å². The molecule has 0 heterocycles. The summed E-state index contributed by atoms with van der Waals surface area (Å²) >= 11 is 11.9. The van der Waals surface area contributed by atoms with Crippen molar-refractivity contribution in [3.05, 3.63) is 69.7 Å². The van der Waals surface area contributed by atoms with Gasteiger partial charge in [-0.05, 0) is 30.2 Å². The van der Waals surface area contributed by atoms with E-state index in [0.717, 1.165) is 5.56 Å². The Balaban J connectivity index is 2.02. The Bertz CT molecular complexity index is 767. The second kappa shape index (κ2) is 9.57. The second-order valence-corrected chi connectivity index (χ2v) is 6.49. The van der Waals surface area contributed by atoms with Crippen LogP contribution < -0.4 is 5.48 Å². The number of hydrogen-bond acceptors (Lipinski definition) is 5. The molecule has 0 aliphatic heterocycles. The molecule has 0 saturated carbocycles. The van der Waals surface area contributed by atoms with Crippen LogP contribution in [-0.4, -0.2) is 19.0 Å². The zero-order chi connectivity index (χ0) is 19.1. The Morgan fingerprint density at radius 2 is 1.73 bits per heavy atom. The quantitative estimate of drug-likeness (QED) is 0.554. The van der Waals surface area contributed by atoms with Gasteiger partial charge in [-0.25, -0.2) is 0 Å². The van der Waals surface area contributed by atoms with Gasteiger partial charge >= 0.3 is 11.9 Å². The largest absolute Gasteiger partial charge is 0.469 e. The predicted molar refractivity (Wildman–Crippen MR) is 99.9 cm³/mol. The Morgan fingerprint density at radius 3 is 2.35 bits per heavy atom. The predicted octanol–water partition coefficient (Wildman–Crippen LogP) is 4.45. The van der Waals surface area contributed by atoms with E-state index in [-0.39, 0.29) is 12.5 Å². The number of esters is 1. The van der Waals surface area contributed by atoms with Crippen molar-refractivity contribution in [3.63, 3.8) is 0 Å². The number of carbonyl (C=O) groups is 2. The second-order valence-electron chi connectivity index (χ2n) is 5.68. The fourth-order valence-corrected chi connectivity index (χ4v) is 2.69. The van der Waals surface area contributed by atoms with E-state index in [4.69, 9.17) is 32.8 Å². The zero-order valence-electron chi connectivity index (χ0n) is 14.4. The first-order valence-electron chi connectivity index (χ1n) is 7.95. The van der Waals surface area contributed by atoms with E-state index in [2.05, 4.69) is 5.48 Å². The standard InChI is InChI=1S/C19H19Cl2NO4/c1-12(13-6-4-3-5-7-13)22-26-18(23)11-15(19(24)25-2)14-8-9-16(20)17(21)10-14/h3-10,12,15,22H,11H2,1-2H3/t12-,15-/m0/s1. The molecule has 0 bridgehead atoms. The maximum absolute atomic E-state index is 12.2. The minimum atomic E-state index is -0.837. The van der Waals surface area contributed by atoms with Crippen molar-refractivity contribution in [3.8, 4) is 0 Å². The Labute approximate surface area is 162 Å². The van der Waals surface area contributed by atoms with Crippen LogP contribution in [0.3, 0.4) is 0 Å². The number of hydroxylamine groups is 1. The van der Waals surface area contributed by atoms with Crippen LogP contribution in [0.4, 0.5) is 0 Å². The molecule has 0 amide bonds. The molecule has 0 saturated heterocycles. The van der Waals surface area contributed by atoms with Gasteiger partial charge in [0.1, 0.15) is 0 Å². The van der Waals surface area contributed by atoms with Crippen LogP contribution in [0.2, 0.25) is 10.0 Å². The summed E-state index contributed by atoms with van der Waals surface area (Å²) in [5.41, 5.74) is 4.18. The van der Waals surface area contributed by atoms with Gasteiger partial charge in [0.25, 0.3) is 0 Å². The van der Waals surface area contributed by atoms with Gasteiger partial charge in [0.2, 0.25) is 0 Å². The lowest BCUT2D eigenvalue weighted by Crippen LogP contribution is -2.26. The average Bonchev–Trinajstić information content (AvgIpc) is 2.66. The first kappa shape index (κ1) is 20.2. The highest BCUT2D eigenvalue weighted by Crippen LogP contribution is 2.29. The minimum absolute atomic E-state index is 0.193. The molecule has 2 aromatic rings. The zero-order valence-corrected chi connectivity index (χ0v) is 15.9. The minimum Gasteiger partial charge on any atom is -0.469 e. The van der Waals surface area contributed by atoms with Crippen LogP contribution in [0.1, 0.15) is 36.4 Å². The number of methoxy groups -OCH3 is 1. The number of ether oxygens (including phenoxy) is 1. The molecule has 0 aliphatic rings. The molecule has 5 nitrogen and oxygen atoms in total. The lowest BCUT2D eigenvalue weighted by molar-refractivity contribution is -0.157. The Morgan fingerprint density at radius 1 is 1.04 bits per heavy atom. The summed E-state index contributed by atoms with van der Waals surface area (Å²) in [6.07, 6.45) is -0.195. The van der Waals surface area contributed by atoms with Crippen LogP contribution in [0.15, 0.2) is 48.5 Å². The van der Waals surface area contributed by atoms with Crippen molar-refractivity contribution < 1.29 is 19.2 Å². The molecule has 0 unspecified atom stereocenters. The smallest absolute Gasteiger partial charge is 0.325 e. The molecule has 138 valence electrons. The van der Waals surface area contributed by atoms with Gasteiger partial charge in [0.05, 0.1) is 35.5 Å². The number of benzene rings is 2. The third-order valence-electron chi connectivity index (χ3n) is 3.85. The van der Waals surface area contributed by atoms with E-state index in [1.807, 2.05) is 37.3 Å². The molecular formula is C19H19Cl2NO4. The summed E-state index contributed by atoms with van der Waals surface area (Å²) in [4.78, 5) is 29.4. The van der Waals surface area contributed by atoms with Crippen LogP contribution in [0, 0.1) is 0 Å². The number of rotatable bonds is 7. The lowest BCUT2D eigenvalue weighted by Gasteiger charge is -2.17. The third-order valence-corrected chi connectivity index (χ3v) is 4.59. The van der Waals surface area contributed by atoms with Crippen LogP contribution >= 0.6 is 23.2 Å². The molecular weight excluding hydrogens is 377 g/mol. The fourth-order valence-electron chi connectivity index (χ4n) is 2.38. The molecule has 0 fully saturated rings. The van der Waals surface area contributed by atoms with Gasteiger partial charge in [-0.15, -0.1) is 5.48 Å². The lowest BCUT2D eigenvalue weighted by atomic mass is 9.96. The molecule has 2 atom stereocenters. The monoisotopic (exact) mass is 395 g/mol. The van der Waals surface area contributed by atoms with Crippen LogP contribution in [0.5, 0.6) is 0 Å². The van der Waals surface area contributed by atoms with Gasteiger partial charge in [0.15, 0.2) is 0 Å². The molecule has 26 heavy (non-hydrogen) atoms. The number of carbonyl (C=O) groups excluding carboxylic acids is 2. The highest BCUT2D eigenvalue weighted by molar-refractivity contribution is 6.42. The molecule has 2 rings (SSSR count). The Hall–Kier alpha value is -2.08. The maximum Gasteiger partial charge on any atom is 0.325 e. The maximum atomic E-state index is 12.2. The summed E-state index contributed by atoms with van der Waals surface area (Å²) in [6, 6.07) is 14.1. The first-order chi connectivity index (χ1) is 12.4. The summed E-state index contributed by atoms with van der Waals surface area (Å²) in [7, 11) is 1.26. The van der Waals surface area contributed by atoms with Gasteiger partial charge in [-0.3, -0.25) is 9.59 Å². The van der Waals surface area contributed by atoms with Gasteiger partial charge < -0.3 is 9.57 Å². The van der Waals surface area contributed by atoms with E-state index >= 15 is 0 Å². The highest BCUT2D eigenvalue weighted by Gasteiger charge is 2.26. The van der Waals surface area contributed by atoms with Crippen molar-refractivity contribution in [1.82, 2.24) is 5.48 Å². The average molecular weight is 396 g/mol. The van der Waals surface area contributed by atoms with Crippen LogP contribution in [-0.2, 0) is 19.2 Å². The fraction of sp³-hybridized carbons (Fsp3) is 0.263. The van der Waals surface area contributed by atoms with Crippen LogP contribution in [0.25, 0.3) is 0 Å². The topological polar surface area (TPSA) is 64.6 Å². The molecule has 0 spiro atoms. The van der Waals surface area contributed by atoms with Gasteiger partial charge in [0, 0.05) is 0 Å². The van der Waals surface area contributed by atoms with Crippen molar-refractivity contribution in [2.24, 2.45) is 0 Å². The molecule has 0 aromatic heterocycles. The third kappa shape index (κ3) is 5.46. The summed E-state index contributed by atoms with van der Waals surface area (Å²) < 4.78 is 4.79. The number of nitrogens with one attached hydrogen (secondary N) is 1. The number of halogens is 2. The normalized spacial score (nSPS) is 12.9. The number of hydrogen-bond donors (Lipinski definition) is 1. The molecule has 7 heteroatoms. The Kier molecular flexibility index (Phi) is 7.45. The summed E-state index contributed by atoms with van der Waals surface area (Å²) in [6.45, 7) is 1.86. The molecule has 0 radical (unpaired) electrons. The summed E-state index contributed by atoms with van der Waals surface area (Å²) in [5, 5.41) is 0.655. The highest BCUT2D eigenvalue weighted by atomic mass is 35.5. The summed E-state index contributed by atoms with van der Waals surface area (Å²) in [5.74, 6) is -1.98. The molecule has 1 N–H and O–H groups in total. The van der Waals surface area contributed by atoms with Crippen molar-refractivity contribution >= 4 is 35.1 Å². The van der Waals surface area contributed by atoms with E-state index < -0.39 is 17.9 Å². The van der Waals surface area contributed by atoms with Crippen molar-refractivity contribution in [2.45, 2.75) is 25.3 Å². The van der Waals surface area contributed by atoms with E-state index in [0.29, 0.717) is 15.6 Å². The molecule has 2 aromatic carbocycles. The van der Waals surface area contributed by atoms with E-state index in [1.165, 1.54) is 7.11 Å². The first-order valence-corrected chi connectivity index (χ1v) is 8.71. The van der Waals surface area contributed by atoms with Gasteiger partial charge in [-0.1, -0.05) is 59.6 Å². The van der Waals surface area contributed by atoms with Crippen molar-refractivity contribution in [1.29, 1.82) is 0 Å². The van der Waals surface area contributed by atoms with Crippen molar-refractivity contribution in [2.75, 3.05) is 7.11 Å². The molecule has 0 aliphatic carbocycles. The van der Waals surface area contributed by atoms with E-state index in [9.17, 15) is 9.59 Å². The van der Waals surface area contributed by atoms with E-state index in [1.54, 1.807) is 18.2 Å². The SMILES string of the molecule is COC(=O)[C@@H](CC(=O)ON[C@@H](C)c1ccccc1)c1ccc(Cl)c(Cl)c1.